The fourth-order valence-corrected chi connectivity index (χ4v) is 2.42. The summed E-state index contributed by atoms with van der Waals surface area (Å²) in [6.07, 6.45) is -4.58. The molecule has 0 radical (unpaired) electrons. The van der Waals surface area contributed by atoms with Crippen molar-refractivity contribution in [3.05, 3.63) is 29.3 Å². The smallest absolute Gasteiger partial charge is 0.416 e. The van der Waals surface area contributed by atoms with Crippen LogP contribution in [0, 0.1) is 0 Å². The number of carbonyl (C=O) groups is 1. The summed E-state index contributed by atoms with van der Waals surface area (Å²) < 4.78 is 43.8. The van der Waals surface area contributed by atoms with E-state index in [1.807, 2.05) is 33.9 Å². The van der Waals surface area contributed by atoms with Crippen molar-refractivity contribution in [2.24, 2.45) is 0 Å². The van der Waals surface area contributed by atoms with Gasteiger partial charge in [-0.05, 0) is 36.3 Å². The molecule has 0 fully saturated rings. The lowest BCUT2D eigenvalue weighted by atomic mass is 10.1. The van der Waals surface area contributed by atoms with Gasteiger partial charge in [0.1, 0.15) is 11.3 Å². The van der Waals surface area contributed by atoms with E-state index in [1.54, 1.807) is 0 Å². The SMILES string of the molecule is CC(C)(C)[Si](C)(C)Oc1ccc(C(F)(F)F)cc1C(=O)O. The van der Waals surface area contributed by atoms with Gasteiger partial charge >= 0.3 is 12.1 Å². The average molecular weight is 320 g/mol. The molecule has 0 heterocycles. The third-order valence-electron chi connectivity index (χ3n) is 3.71. The Hall–Kier alpha value is -1.50. The van der Waals surface area contributed by atoms with Crippen LogP contribution in [-0.2, 0) is 6.18 Å². The van der Waals surface area contributed by atoms with Gasteiger partial charge < -0.3 is 9.53 Å². The Morgan fingerprint density at radius 2 is 1.71 bits per heavy atom. The van der Waals surface area contributed by atoms with Crippen LogP contribution in [0.5, 0.6) is 5.75 Å². The molecular formula is C14H19F3O3Si. The van der Waals surface area contributed by atoms with E-state index in [9.17, 15) is 18.0 Å². The molecule has 3 nitrogen and oxygen atoms in total. The van der Waals surface area contributed by atoms with E-state index in [0.717, 1.165) is 12.1 Å². The topological polar surface area (TPSA) is 46.5 Å². The third kappa shape index (κ3) is 4.00. The van der Waals surface area contributed by atoms with Gasteiger partial charge in [0.25, 0.3) is 8.32 Å². The number of benzene rings is 1. The van der Waals surface area contributed by atoms with Gasteiger partial charge in [0.2, 0.25) is 0 Å². The number of carboxylic acid groups (broad SMARTS) is 1. The van der Waals surface area contributed by atoms with E-state index in [4.69, 9.17) is 9.53 Å². The molecule has 0 bridgehead atoms. The highest BCUT2D eigenvalue weighted by atomic mass is 28.4. The summed E-state index contributed by atoms with van der Waals surface area (Å²) >= 11 is 0. The quantitative estimate of drug-likeness (QED) is 0.815. The average Bonchev–Trinajstić information content (AvgIpc) is 2.25. The molecular weight excluding hydrogens is 301 g/mol. The molecule has 1 aromatic rings. The van der Waals surface area contributed by atoms with Gasteiger partial charge in [0.15, 0.2) is 0 Å². The summed E-state index contributed by atoms with van der Waals surface area (Å²) in [4.78, 5) is 11.2. The number of alkyl halides is 3. The lowest BCUT2D eigenvalue weighted by molar-refractivity contribution is -0.137. The summed E-state index contributed by atoms with van der Waals surface area (Å²) in [5.41, 5.74) is -1.46. The molecule has 0 aromatic heterocycles. The van der Waals surface area contributed by atoms with Crippen LogP contribution in [0.25, 0.3) is 0 Å². The third-order valence-corrected chi connectivity index (χ3v) is 8.05. The molecule has 0 aliphatic carbocycles. The first-order chi connectivity index (χ1) is 9.25. The highest BCUT2D eigenvalue weighted by Gasteiger charge is 2.40. The van der Waals surface area contributed by atoms with E-state index in [-0.39, 0.29) is 10.8 Å². The highest BCUT2D eigenvalue weighted by Crippen LogP contribution is 2.39. The van der Waals surface area contributed by atoms with Gasteiger partial charge in [0.05, 0.1) is 5.56 Å². The Labute approximate surface area is 122 Å². The van der Waals surface area contributed by atoms with Crippen LogP contribution < -0.4 is 4.43 Å². The van der Waals surface area contributed by atoms with E-state index in [2.05, 4.69) is 0 Å². The standard InChI is InChI=1S/C14H19F3O3Si/c1-13(2,3)21(4,5)20-11-7-6-9(14(15,16)17)8-10(11)12(18)19/h6-8H,1-5H3,(H,18,19). The summed E-state index contributed by atoms with van der Waals surface area (Å²) in [6.45, 7) is 9.68. The maximum atomic E-state index is 12.7. The normalized spacial score (nSPS) is 13.1. The van der Waals surface area contributed by atoms with Crippen LogP contribution in [0.4, 0.5) is 13.2 Å². The lowest BCUT2D eigenvalue weighted by Gasteiger charge is -2.36. The molecule has 0 amide bonds. The Kier molecular flexibility index (Phi) is 4.48. The molecule has 0 aliphatic rings. The Bertz CT molecular complexity index is 545. The molecule has 0 aliphatic heterocycles. The largest absolute Gasteiger partial charge is 0.543 e. The summed E-state index contributed by atoms with van der Waals surface area (Å²) in [6, 6.07) is 2.55. The molecule has 0 saturated heterocycles. The molecule has 0 saturated carbocycles. The lowest BCUT2D eigenvalue weighted by Crippen LogP contribution is -2.44. The first-order valence-corrected chi connectivity index (χ1v) is 9.30. The zero-order valence-corrected chi connectivity index (χ0v) is 13.6. The first-order valence-electron chi connectivity index (χ1n) is 6.39. The second-order valence-electron chi connectivity index (χ2n) is 6.38. The number of hydrogen-bond acceptors (Lipinski definition) is 2. The second-order valence-corrected chi connectivity index (χ2v) is 11.1. The van der Waals surface area contributed by atoms with Gasteiger partial charge in [0, 0.05) is 0 Å². The highest BCUT2D eigenvalue weighted by molar-refractivity contribution is 6.74. The predicted octanol–water partition coefficient (Wildman–Crippen LogP) is 4.79. The minimum absolute atomic E-state index is 0.0120. The van der Waals surface area contributed by atoms with Crippen LogP contribution in [-0.4, -0.2) is 19.4 Å². The minimum Gasteiger partial charge on any atom is -0.543 e. The van der Waals surface area contributed by atoms with Crippen molar-refractivity contribution in [1.82, 2.24) is 0 Å². The molecule has 1 rings (SSSR count). The second kappa shape index (κ2) is 5.36. The Morgan fingerprint density at radius 3 is 2.10 bits per heavy atom. The molecule has 7 heteroatoms. The minimum atomic E-state index is -4.58. The van der Waals surface area contributed by atoms with E-state index < -0.39 is 31.6 Å². The number of halogens is 3. The Morgan fingerprint density at radius 1 is 1.19 bits per heavy atom. The van der Waals surface area contributed by atoms with Crippen LogP contribution in [0.2, 0.25) is 18.1 Å². The zero-order valence-electron chi connectivity index (χ0n) is 12.6. The fraction of sp³-hybridized carbons (Fsp3) is 0.500. The van der Waals surface area contributed by atoms with Crippen molar-refractivity contribution in [3.63, 3.8) is 0 Å². The van der Waals surface area contributed by atoms with Gasteiger partial charge in [-0.25, -0.2) is 4.79 Å². The van der Waals surface area contributed by atoms with E-state index in [1.165, 1.54) is 0 Å². The van der Waals surface area contributed by atoms with Crippen molar-refractivity contribution < 1.29 is 27.5 Å². The van der Waals surface area contributed by atoms with Crippen molar-refractivity contribution in [2.75, 3.05) is 0 Å². The number of hydrogen-bond donors (Lipinski definition) is 1. The predicted molar refractivity (Wildman–Crippen MR) is 76.2 cm³/mol. The number of carboxylic acids is 1. The summed E-state index contributed by atoms with van der Waals surface area (Å²) in [5.74, 6) is -1.45. The molecule has 118 valence electrons. The summed E-state index contributed by atoms with van der Waals surface area (Å²) in [5, 5.41) is 8.93. The molecule has 1 N–H and O–H groups in total. The monoisotopic (exact) mass is 320 g/mol. The summed E-state index contributed by atoms with van der Waals surface area (Å²) in [7, 11) is -2.33. The maximum absolute atomic E-state index is 12.7. The van der Waals surface area contributed by atoms with Crippen molar-refractivity contribution in [2.45, 2.75) is 45.1 Å². The number of rotatable bonds is 3. The Balaban J connectivity index is 3.29. The van der Waals surface area contributed by atoms with Crippen molar-refractivity contribution >= 4 is 14.3 Å². The van der Waals surface area contributed by atoms with E-state index in [0.29, 0.717) is 6.07 Å². The van der Waals surface area contributed by atoms with Gasteiger partial charge in [-0.3, -0.25) is 0 Å². The molecule has 0 atom stereocenters. The van der Waals surface area contributed by atoms with E-state index >= 15 is 0 Å². The van der Waals surface area contributed by atoms with Crippen molar-refractivity contribution in [3.8, 4) is 5.75 Å². The van der Waals surface area contributed by atoms with Crippen LogP contribution >= 0.6 is 0 Å². The zero-order chi connectivity index (χ0) is 16.6. The first kappa shape index (κ1) is 17.5. The van der Waals surface area contributed by atoms with Crippen LogP contribution in [0.15, 0.2) is 18.2 Å². The maximum Gasteiger partial charge on any atom is 0.416 e. The van der Waals surface area contributed by atoms with Crippen molar-refractivity contribution in [1.29, 1.82) is 0 Å². The van der Waals surface area contributed by atoms with Gasteiger partial charge in [-0.2, -0.15) is 13.2 Å². The van der Waals surface area contributed by atoms with Crippen LogP contribution in [0.1, 0.15) is 36.7 Å². The fourth-order valence-electron chi connectivity index (χ4n) is 1.39. The number of aromatic carboxylic acids is 1. The van der Waals surface area contributed by atoms with Gasteiger partial charge in [-0.1, -0.05) is 20.8 Å². The van der Waals surface area contributed by atoms with Gasteiger partial charge in [-0.15, -0.1) is 0 Å². The van der Waals surface area contributed by atoms with Crippen LogP contribution in [0.3, 0.4) is 0 Å². The molecule has 21 heavy (non-hydrogen) atoms. The molecule has 0 spiro atoms. The molecule has 0 unspecified atom stereocenters. The molecule has 1 aromatic carbocycles.